The molecule has 3 aromatic rings. The molecular weight excluding hydrogens is 412 g/mol. The molecule has 0 fully saturated rings. The molecule has 0 saturated heterocycles. The molecule has 1 amide bonds. The van der Waals surface area contributed by atoms with Crippen LogP contribution in [0.15, 0.2) is 75.8 Å². The maximum absolute atomic E-state index is 12.8. The van der Waals surface area contributed by atoms with Crippen LogP contribution >= 0.6 is 23.1 Å². The van der Waals surface area contributed by atoms with E-state index in [0.29, 0.717) is 11.3 Å². The van der Waals surface area contributed by atoms with Crippen molar-refractivity contribution in [3.63, 3.8) is 0 Å². The van der Waals surface area contributed by atoms with E-state index in [-0.39, 0.29) is 10.8 Å². The fraction of sp³-hybridized carbons (Fsp3) is 0.150. The van der Waals surface area contributed by atoms with Gasteiger partial charge in [0.1, 0.15) is 0 Å². The number of nitrogens with one attached hydrogen (secondary N) is 1. The molecule has 8 heteroatoms. The van der Waals surface area contributed by atoms with Gasteiger partial charge in [0, 0.05) is 35.3 Å². The van der Waals surface area contributed by atoms with E-state index < -0.39 is 10.0 Å². The zero-order chi connectivity index (χ0) is 20.1. The Kier molecular flexibility index (Phi) is 6.56. The Morgan fingerprint density at radius 1 is 1.07 bits per heavy atom. The standard InChI is InChI=1S/C20H20N2O3S3/c1-22(2)28(24,25)17-9-5-7-15(13-17)21-20(23)18-10-3-4-11-19(18)27-14-16-8-6-12-26-16/h3-13H,14H2,1-2H3,(H,21,23). The quantitative estimate of drug-likeness (QED) is 0.557. The Hall–Kier alpha value is -2.13. The van der Waals surface area contributed by atoms with Crippen LogP contribution in [-0.4, -0.2) is 32.7 Å². The molecule has 1 aromatic heterocycles. The third-order valence-electron chi connectivity index (χ3n) is 3.95. The highest BCUT2D eigenvalue weighted by molar-refractivity contribution is 7.98. The van der Waals surface area contributed by atoms with Gasteiger partial charge in [-0.25, -0.2) is 12.7 Å². The van der Waals surface area contributed by atoms with Gasteiger partial charge in [0.05, 0.1) is 10.5 Å². The number of hydrogen-bond donors (Lipinski definition) is 1. The molecule has 2 aromatic carbocycles. The van der Waals surface area contributed by atoms with Crippen molar-refractivity contribution in [1.82, 2.24) is 4.31 Å². The van der Waals surface area contributed by atoms with Gasteiger partial charge in [-0.05, 0) is 41.8 Å². The Bertz CT molecular complexity index is 1060. The van der Waals surface area contributed by atoms with Gasteiger partial charge < -0.3 is 5.32 Å². The summed E-state index contributed by atoms with van der Waals surface area (Å²) in [6.07, 6.45) is 0. The summed E-state index contributed by atoms with van der Waals surface area (Å²) >= 11 is 3.28. The number of nitrogens with zero attached hydrogens (tertiary/aromatic N) is 1. The van der Waals surface area contributed by atoms with Gasteiger partial charge in [-0.3, -0.25) is 4.79 Å². The summed E-state index contributed by atoms with van der Waals surface area (Å²) in [4.78, 5) is 15.1. The largest absolute Gasteiger partial charge is 0.322 e. The predicted molar refractivity (Wildman–Crippen MR) is 116 cm³/mol. The summed E-state index contributed by atoms with van der Waals surface area (Å²) in [6, 6.07) is 17.7. The number of hydrogen-bond acceptors (Lipinski definition) is 5. The van der Waals surface area contributed by atoms with Crippen molar-refractivity contribution in [2.45, 2.75) is 15.5 Å². The molecule has 0 radical (unpaired) electrons. The second-order valence-electron chi connectivity index (χ2n) is 6.13. The number of carbonyl (C=O) groups excluding carboxylic acids is 1. The number of anilines is 1. The van der Waals surface area contributed by atoms with Crippen molar-refractivity contribution in [2.75, 3.05) is 19.4 Å². The Balaban J connectivity index is 1.79. The maximum atomic E-state index is 12.8. The van der Waals surface area contributed by atoms with Crippen LogP contribution in [0.25, 0.3) is 0 Å². The number of benzene rings is 2. The molecule has 0 unspecified atom stereocenters. The molecule has 146 valence electrons. The van der Waals surface area contributed by atoms with Crippen LogP contribution in [0, 0.1) is 0 Å². The van der Waals surface area contributed by atoms with Gasteiger partial charge in [0.15, 0.2) is 0 Å². The zero-order valence-corrected chi connectivity index (χ0v) is 17.9. The highest BCUT2D eigenvalue weighted by Crippen LogP contribution is 2.28. The minimum absolute atomic E-state index is 0.135. The summed E-state index contributed by atoms with van der Waals surface area (Å²) in [5.41, 5.74) is 0.996. The predicted octanol–water partition coefficient (Wildman–Crippen LogP) is 4.54. The minimum atomic E-state index is -3.56. The van der Waals surface area contributed by atoms with Gasteiger partial charge in [-0.1, -0.05) is 24.3 Å². The summed E-state index contributed by atoms with van der Waals surface area (Å²) in [7, 11) is -0.615. The maximum Gasteiger partial charge on any atom is 0.256 e. The lowest BCUT2D eigenvalue weighted by molar-refractivity contribution is 0.102. The summed E-state index contributed by atoms with van der Waals surface area (Å²) < 4.78 is 25.7. The average molecular weight is 433 g/mol. The number of carbonyl (C=O) groups is 1. The molecular formula is C20H20N2O3S3. The Morgan fingerprint density at radius 3 is 2.57 bits per heavy atom. The second kappa shape index (κ2) is 8.91. The van der Waals surface area contributed by atoms with E-state index in [4.69, 9.17) is 0 Å². The molecule has 1 N–H and O–H groups in total. The van der Waals surface area contributed by atoms with Gasteiger partial charge in [0.2, 0.25) is 10.0 Å². The first-order valence-corrected chi connectivity index (χ1v) is 11.8. The number of sulfonamides is 1. The summed E-state index contributed by atoms with van der Waals surface area (Å²) in [5, 5.41) is 4.84. The fourth-order valence-electron chi connectivity index (χ4n) is 2.47. The Labute approximate surface area is 173 Å². The van der Waals surface area contributed by atoms with E-state index in [9.17, 15) is 13.2 Å². The monoisotopic (exact) mass is 432 g/mol. The van der Waals surface area contributed by atoms with Gasteiger partial charge >= 0.3 is 0 Å². The van der Waals surface area contributed by atoms with E-state index in [1.54, 1.807) is 41.3 Å². The number of thioether (sulfide) groups is 1. The molecule has 28 heavy (non-hydrogen) atoms. The fourth-order valence-corrected chi connectivity index (χ4v) is 5.24. The first-order chi connectivity index (χ1) is 13.4. The van der Waals surface area contributed by atoms with Crippen LogP contribution < -0.4 is 5.32 Å². The number of amides is 1. The molecule has 1 heterocycles. The van der Waals surface area contributed by atoms with Crippen LogP contribution in [0.3, 0.4) is 0 Å². The van der Waals surface area contributed by atoms with Crippen molar-refractivity contribution in [3.8, 4) is 0 Å². The second-order valence-corrected chi connectivity index (χ2v) is 10.3. The first kappa shape index (κ1) is 20.6. The lowest BCUT2D eigenvalue weighted by Crippen LogP contribution is -2.22. The molecule has 0 atom stereocenters. The van der Waals surface area contributed by atoms with Crippen molar-refractivity contribution >= 4 is 44.7 Å². The molecule has 0 spiro atoms. The van der Waals surface area contributed by atoms with E-state index in [1.165, 1.54) is 31.1 Å². The van der Waals surface area contributed by atoms with E-state index in [0.717, 1.165) is 15.0 Å². The minimum Gasteiger partial charge on any atom is -0.322 e. The van der Waals surface area contributed by atoms with Gasteiger partial charge in [0.25, 0.3) is 5.91 Å². The van der Waals surface area contributed by atoms with Crippen LogP contribution in [0.4, 0.5) is 5.69 Å². The molecule has 3 rings (SSSR count). The normalized spacial score (nSPS) is 11.5. The van der Waals surface area contributed by atoms with Crippen molar-refractivity contribution < 1.29 is 13.2 Å². The van der Waals surface area contributed by atoms with Crippen LogP contribution in [0.1, 0.15) is 15.2 Å². The lowest BCUT2D eigenvalue weighted by Gasteiger charge is -2.13. The number of rotatable bonds is 7. The third-order valence-corrected chi connectivity index (χ3v) is 7.94. The van der Waals surface area contributed by atoms with Crippen LogP contribution in [-0.2, 0) is 15.8 Å². The molecule has 0 aliphatic carbocycles. The molecule has 0 saturated carbocycles. The lowest BCUT2D eigenvalue weighted by atomic mass is 10.2. The van der Waals surface area contributed by atoms with Gasteiger partial charge in [-0.15, -0.1) is 23.1 Å². The third kappa shape index (κ3) is 4.82. The molecule has 0 aliphatic rings. The van der Waals surface area contributed by atoms with Crippen molar-refractivity contribution in [1.29, 1.82) is 0 Å². The van der Waals surface area contributed by atoms with E-state index in [2.05, 4.69) is 11.4 Å². The summed E-state index contributed by atoms with van der Waals surface area (Å²) in [5.74, 6) is 0.520. The number of thiophene rings is 1. The van der Waals surface area contributed by atoms with E-state index in [1.807, 2.05) is 29.6 Å². The highest BCUT2D eigenvalue weighted by atomic mass is 32.2. The first-order valence-electron chi connectivity index (χ1n) is 8.46. The zero-order valence-electron chi connectivity index (χ0n) is 15.5. The molecule has 0 bridgehead atoms. The van der Waals surface area contributed by atoms with Gasteiger partial charge in [-0.2, -0.15) is 0 Å². The average Bonchev–Trinajstić information content (AvgIpc) is 3.20. The SMILES string of the molecule is CN(C)S(=O)(=O)c1cccc(NC(=O)c2ccccc2SCc2cccs2)c1. The topological polar surface area (TPSA) is 66.5 Å². The Morgan fingerprint density at radius 2 is 1.86 bits per heavy atom. The van der Waals surface area contributed by atoms with Crippen LogP contribution in [0.5, 0.6) is 0 Å². The van der Waals surface area contributed by atoms with Crippen molar-refractivity contribution in [2.24, 2.45) is 0 Å². The highest BCUT2D eigenvalue weighted by Gasteiger charge is 2.18. The van der Waals surface area contributed by atoms with E-state index >= 15 is 0 Å². The van der Waals surface area contributed by atoms with Crippen molar-refractivity contribution in [3.05, 3.63) is 76.5 Å². The molecule has 0 aliphatic heterocycles. The summed E-state index contributed by atoms with van der Waals surface area (Å²) in [6.45, 7) is 0. The smallest absolute Gasteiger partial charge is 0.256 e. The molecule has 5 nitrogen and oxygen atoms in total. The van der Waals surface area contributed by atoms with Crippen LogP contribution in [0.2, 0.25) is 0 Å².